The maximum atomic E-state index is 11.2. The first-order chi connectivity index (χ1) is 13.0. The molecule has 1 aliphatic carbocycles. The molecular formula is C21H24N2O4. The van der Waals surface area contributed by atoms with Crippen LogP contribution in [0.1, 0.15) is 31.2 Å². The summed E-state index contributed by atoms with van der Waals surface area (Å²) in [6, 6.07) is 14.5. The molecule has 2 aliphatic rings. The van der Waals surface area contributed by atoms with E-state index in [0.717, 1.165) is 36.0 Å². The van der Waals surface area contributed by atoms with Crippen LogP contribution in [-0.2, 0) is 10.5 Å². The Bertz CT molecular complexity index is 821. The van der Waals surface area contributed by atoms with Crippen LogP contribution >= 0.6 is 0 Å². The fourth-order valence-electron chi connectivity index (χ4n) is 4.32. The highest BCUT2D eigenvalue weighted by molar-refractivity contribution is 5.65. The third-order valence-electron chi connectivity index (χ3n) is 5.79. The van der Waals surface area contributed by atoms with Gasteiger partial charge in [-0.2, -0.15) is 0 Å². The van der Waals surface area contributed by atoms with Gasteiger partial charge in [-0.3, -0.25) is 15.0 Å². The van der Waals surface area contributed by atoms with Crippen molar-refractivity contribution in [1.82, 2.24) is 4.90 Å². The van der Waals surface area contributed by atoms with Crippen LogP contribution in [0.25, 0.3) is 11.1 Å². The number of benzene rings is 2. The Morgan fingerprint density at radius 2 is 1.67 bits per heavy atom. The van der Waals surface area contributed by atoms with Gasteiger partial charge in [0.15, 0.2) is 0 Å². The predicted octanol–water partition coefficient (Wildman–Crippen LogP) is 3.68. The molecule has 1 saturated carbocycles. The van der Waals surface area contributed by atoms with Crippen molar-refractivity contribution in [2.75, 3.05) is 13.6 Å². The van der Waals surface area contributed by atoms with Gasteiger partial charge in [0.25, 0.3) is 5.69 Å². The summed E-state index contributed by atoms with van der Waals surface area (Å²) in [6.07, 6.45) is 4.53. The van der Waals surface area contributed by atoms with Crippen LogP contribution in [0.2, 0.25) is 0 Å². The maximum Gasteiger partial charge on any atom is 0.269 e. The normalized spacial score (nSPS) is 28.5. The van der Waals surface area contributed by atoms with E-state index in [4.69, 9.17) is 4.74 Å². The van der Waals surface area contributed by atoms with Crippen LogP contribution in [0.15, 0.2) is 48.5 Å². The van der Waals surface area contributed by atoms with E-state index < -0.39 is 10.7 Å². The Labute approximate surface area is 158 Å². The van der Waals surface area contributed by atoms with Gasteiger partial charge in [0.1, 0.15) is 0 Å². The number of hydrogen-bond donors (Lipinski definition) is 1. The second-order valence-electron chi connectivity index (χ2n) is 7.59. The van der Waals surface area contributed by atoms with Gasteiger partial charge in [-0.15, -0.1) is 0 Å². The number of likely N-dealkylation sites (N-methyl/N-ethyl adjacent to an activating group) is 1. The molecule has 4 rings (SSSR count). The van der Waals surface area contributed by atoms with Crippen LogP contribution in [0.4, 0.5) is 5.69 Å². The molecule has 1 aliphatic heterocycles. The lowest BCUT2D eigenvalue weighted by molar-refractivity contribution is -0.384. The zero-order valence-electron chi connectivity index (χ0n) is 15.4. The fourth-order valence-corrected chi connectivity index (χ4v) is 4.32. The van der Waals surface area contributed by atoms with E-state index in [1.54, 1.807) is 12.1 Å². The number of morpholine rings is 1. The number of nitro groups is 1. The SMILES string of the molecule is CN1CC(O)(c2ccc(-c3ccc([N+](=O)[O-])cc3)cc2)OC2CCCCC21. The van der Waals surface area contributed by atoms with Crippen molar-refractivity contribution in [3.8, 4) is 11.1 Å². The molecule has 3 atom stereocenters. The average molecular weight is 368 g/mol. The molecule has 0 bridgehead atoms. The van der Waals surface area contributed by atoms with Crippen molar-refractivity contribution in [2.24, 2.45) is 0 Å². The molecule has 6 nitrogen and oxygen atoms in total. The standard InChI is InChI=1S/C21H24N2O4/c1-22-14-21(24,27-20-5-3-2-4-19(20)22)17-10-6-15(7-11-17)16-8-12-18(13-9-16)23(25)26/h6-13,19-20,24H,2-5,14H2,1H3. The molecular weight excluding hydrogens is 344 g/mol. The molecule has 2 fully saturated rings. The van der Waals surface area contributed by atoms with Crippen molar-refractivity contribution in [3.63, 3.8) is 0 Å². The maximum absolute atomic E-state index is 11.2. The van der Waals surface area contributed by atoms with Crippen LogP contribution in [0.5, 0.6) is 0 Å². The molecule has 0 aromatic heterocycles. The summed E-state index contributed by atoms with van der Waals surface area (Å²) in [4.78, 5) is 12.6. The number of ether oxygens (including phenoxy) is 1. The molecule has 1 N–H and O–H groups in total. The van der Waals surface area contributed by atoms with Crippen LogP contribution in [0.3, 0.4) is 0 Å². The highest BCUT2D eigenvalue weighted by Crippen LogP contribution is 2.38. The Kier molecular flexibility index (Phi) is 4.72. The van der Waals surface area contributed by atoms with E-state index in [-0.39, 0.29) is 11.8 Å². The smallest absolute Gasteiger partial charge is 0.269 e. The third kappa shape index (κ3) is 3.48. The topological polar surface area (TPSA) is 75.8 Å². The van der Waals surface area contributed by atoms with Crippen molar-refractivity contribution in [2.45, 2.75) is 43.6 Å². The van der Waals surface area contributed by atoms with Gasteiger partial charge in [0.2, 0.25) is 5.79 Å². The van der Waals surface area contributed by atoms with E-state index in [2.05, 4.69) is 11.9 Å². The highest BCUT2D eigenvalue weighted by Gasteiger charge is 2.45. The number of aliphatic hydroxyl groups is 1. The average Bonchev–Trinajstić information content (AvgIpc) is 2.68. The molecule has 1 heterocycles. The van der Waals surface area contributed by atoms with Crippen molar-refractivity contribution < 1.29 is 14.8 Å². The molecule has 27 heavy (non-hydrogen) atoms. The van der Waals surface area contributed by atoms with E-state index in [1.807, 2.05) is 24.3 Å². The lowest BCUT2D eigenvalue weighted by atomic mass is 9.88. The van der Waals surface area contributed by atoms with Gasteiger partial charge >= 0.3 is 0 Å². The summed E-state index contributed by atoms with van der Waals surface area (Å²) >= 11 is 0. The van der Waals surface area contributed by atoms with Gasteiger partial charge in [-0.1, -0.05) is 37.1 Å². The van der Waals surface area contributed by atoms with Gasteiger partial charge in [-0.05, 0) is 43.1 Å². The molecule has 6 heteroatoms. The third-order valence-corrected chi connectivity index (χ3v) is 5.79. The summed E-state index contributed by atoms with van der Waals surface area (Å²) in [7, 11) is 2.06. The largest absolute Gasteiger partial charge is 0.361 e. The lowest BCUT2D eigenvalue weighted by Crippen LogP contribution is -2.58. The molecule has 3 unspecified atom stereocenters. The number of nitrogens with zero attached hydrogens (tertiary/aromatic N) is 2. The van der Waals surface area contributed by atoms with E-state index in [1.165, 1.54) is 18.6 Å². The molecule has 0 spiro atoms. The van der Waals surface area contributed by atoms with Crippen LogP contribution < -0.4 is 0 Å². The lowest BCUT2D eigenvalue weighted by Gasteiger charge is -2.49. The molecule has 2 aromatic carbocycles. The predicted molar refractivity (Wildman–Crippen MR) is 102 cm³/mol. The monoisotopic (exact) mass is 368 g/mol. The van der Waals surface area contributed by atoms with Crippen molar-refractivity contribution in [3.05, 3.63) is 64.2 Å². The van der Waals surface area contributed by atoms with Gasteiger partial charge in [-0.25, -0.2) is 0 Å². The first kappa shape index (κ1) is 18.1. The second-order valence-corrected chi connectivity index (χ2v) is 7.59. The summed E-state index contributed by atoms with van der Waals surface area (Å²) in [5.41, 5.74) is 2.65. The number of non-ortho nitro benzene ring substituents is 1. The minimum atomic E-state index is -1.30. The Balaban J connectivity index is 1.55. The minimum absolute atomic E-state index is 0.0665. The zero-order valence-corrected chi connectivity index (χ0v) is 15.4. The second kappa shape index (κ2) is 7.03. The Hall–Kier alpha value is -2.28. The quantitative estimate of drug-likeness (QED) is 0.661. The summed E-state index contributed by atoms with van der Waals surface area (Å²) in [6.45, 7) is 0.449. The molecule has 2 aromatic rings. The van der Waals surface area contributed by atoms with Crippen molar-refractivity contribution >= 4 is 5.69 Å². The first-order valence-electron chi connectivity index (χ1n) is 9.42. The number of hydrogen-bond acceptors (Lipinski definition) is 5. The number of rotatable bonds is 3. The fraction of sp³-hybridized carbons (Fsp3) is 0.429. The zero-order chi connectivity index (χ0) is 19.0. The summed E-state index contributed by atoms with van der Waals surface area (Å²) < 4.78 is 6.16. The molecule has 0 radical (unpaired) electrons. The molecule has 0 amide bonds. The minimum Gasteiger partial charge on any atom is -0.361 e. The van der Waals surface area contributed by atoms with Gasteiger partial charge in [0.05, 0.1) is 17.6 Å². The van der Waals surface area contributed by atoms with Gasteiger partial charge < -0.3 is 9.84 Å². The van der Waals surface area contributed by atoms with Crippen molar-refractivity contribution in [1.29, 1.82) is 0 Å². The number of fused-ring (bicyclic) bond motifs is 1. The van der Waals surface area contributed by atoms with E-state index >= 15 is 0 Å². The Morgan fingerprint density at radius 1 is 1.07 bits per heavy atom. The Morgan fingerprint density at radius 3 is 2.30 bits per heavy atom. The molecule has 1 saturated heterocycles. The van der Waals surface area contributed by atoms with Crippen LogP contribution in [-0.4, -0.2) is 40.7 Å². The van der Waals surface area contributed by atoms with E-state index in [9.17, 15) is 15.2 Å². The van der Waals surface area contributed by atoms with Crippen LogP contribution in [0, 0.1) is 10.1 Å². The molecule has 142 valence electrons. The summed E-state index contributed by atoms with van der Waals surface area (Å²) in [5.74, 6) is -1.30. The van der Waals surface area contributed by atoms with Gasteiger partial charge in [0, 0.05) is 23.7 Å². The highest BCUT2D eigenvalue weighted by atomic mass is 16.6. The number of β-amino-alcohol motifs (C(OH)–C–C–N with tert-alkyl or cyclic N) is 1. The number of nitro benzene ring substituents is 1. The first-order valence-corrected chi connectivity index (χ1v) is 9.42. The van der Waals surface area contributed by atoms with E-state index in [0.29, 0.717) is 12.6 Å². The summed E-state index contributed by atoms with van der Waals surface area (Å²) in [5, 5.41) is 22.0.